The van der Waals surface area contributed by atoms with Crippen molar-refractivity contribution in [2.75, 3.05) is 13.2 Å². The van der Waals surface area contributed by atoms with E-state index in [1.165, 1.54) is 12.8 Å². The zero-order valence-electron chi connectivity index (χ0n) is 10.9. The summed E-state index contributed by atoms with van der Waals surface area (Å²) in [5, 5.41) is 3.05. The number of nitrogens with one attached hydrogen (secondary N) is 1. The van der Waals surface area contributed by atoms with Crippen LogP contribution in [0.25, 0.3) is 0 Å². The average Bonchev–Trinajstić information content (AvgIpc) is 2.96. The fourth-order valence-electron chi connectivity index (χ4n) is 2.65. The fourth-order valence-corrected chi connectivity index (χ4v) is 2.65. The van der Waals surface area contributed by atoms with Crippen LogP contribution in [0.1, 0.15) is 29.8 Å². The lowest BCUT2D eigenvalue weighted by atomic mass is 10.1. The van der Waals surface area contributed by atoms with Gasteiger partial charge in [0.15, 0.2) is 0 Å². The standard InChI is InChI=1S/C13H20N4O2/c14-4-5-17-7-11(15-8-17)13(18)16-10-3-6-19-12(10)9-1-2-9/h7-10,12H,1-6,14H2,(H,16,18). The van der Waals surface area contributed by atoms with Crippen molar-refractivity contribution in [3.05, 3.63) is 18.2 Å². The lowest BCUT2D eigenvalue weighted by molar-refractivity contribution is 0.0727. The minimum atomic E-state index is -0.114. The molecule has 2 heterocycles. The molecule has 1 saturated carbocycles. The zero-order chi connectivity index (χ0) is 13.2. The summed E-state index contributed by atoms with van der Waals surface area (Å²) in [6.45, 7) is 1.96. The molecule has 6 heteroatoms. The number of nitrogens with two attached hydrogens (primary N) is 1. The Morgan fingerprint density at radius 3 is 3.11 bits per heavy atom. The number of rotatable bonds is 5. The highest BCUT2D eigenvalue weighted by molar-refractivity contribution is 5.92. The summed E-state index contributed by atoms with van der Waals surface area (Å²) in [5.74, 6) is 0.527. The first-order valence-electron chi connectivity index (χ1n) is 6.92. The van der Waals surface area contributed by atoms with Gasteiger partial charge in [-0.15, -0.1) is 0 Å². The number of carbonyl (C=O) groups excluding carboxylic acids is 1. The maximum Gasteiger partial charge on any atom is 0.271 e. The molecule has 0 bridgehead atoms. The predicted octanol–water partition coefficient (Wildman–Crippen LogP) is 0.139. The molecule has 3 rings (SSSR count). The Bertz CT molecular complexity index is 455. The van der Waals surface area contributed by atoms with Crippen LogP contribution in [0.3, 0.4) is 0 Å². The van der Waals surface area contributed by atoms with Crippen molar-refractivity contribution in [1.29, 1.82) is 0 Å². The second-order valence-electron chi connectivity index (χ2n) is 5.33. The van der Waals surface area contributed by atoms with E-state index < -0.39 is 0 Å². The van der Waals surface area contributed by atoms with Crippen molar-refractivity contribution in [1.82, 2.24) is 14.9 Å². The second-order valence-corrected chi connectivity index (χ2v) is 5.33. The quantitative estimate of drug-likeness (QED) is 0.792. The van der Waals surface area contributed by atoms with Gasteiger partial charge >= 0.3 is 0 Å². The van der Waals surface area contributed by atoms with Crippen LogP contribution in [0.5, 0.6) is 0 Å². The number of carbonyl (C=O) groups is 1. The highest BCUT2D eigenvalue weighted by Crippen LogP contribution is 2.38. The molecular formula is C13H20N4O2. The van der Waals surface area contributed by atoms with E-state index in [9.17, 15) is 4.79 Å². The molecule has 1 aromatic heterocycles. The molecule has 1 aliphatic heterocycles. The molecule has 0 radical (unpaired) electrons. The molecule has 3 N–H and O–H groups in total. The molecule has 2 unspecified atom stereocenters. The van der Waals surface area contributed by atoms with Gasteiger partial charge in [0.05, 0.1) is 18.5 Å². The van der Waals surface area contributed by atoms with Crippen LogP contribution in [0.15, 0.2) is 12.5 Å². The van der Waals surface area contributed by atoms with E-state index in [0.717, 1.165) is 13.0 Å². The van der Waals surface area contributed by atoms with Gasteiger partial charge in [-0.1, -0.05) is 0 Å². The zero-order valence-corrected chi connectivity index (χ0v) is 10.9. The summed E-state index contributed by atoms with van der Waals surface area (Å²) in [7, 11) is 0. The highest BCUT2D eigenvalue weighted by Gasteiger charge is 2.41. The lowest BCUT2D eigenvalue weighted by Crippen LogP contribution is -2.41. The van der Waals surface area contributed by atoms with E-state index in [4.69, 9.17) is 10.5 Å². The van der Waals surface area contributed by atoms with Crippen LogP contribution in [0.4, 0.5) is 0 Å². The number of aromatic nitrogens is 2. The van der Waals surface area contributed by atoms with E-state index in [1.54, 1.807) is 12.5 Å². The van der Waals surface area contributed by atoms with Gasteiger partial charge in [0.25, 0.3) is 5.91 Å². The maximum atomic E-state index is 12.1. The Morgan fingerprint density at radius 2 is 2.37 bits per heavy atom. The molecule has 1 amide bonds. The molecule has 6 nitrogen and oxygen atoms in total. The smallest absolute Gasteiger partial charge is 0.271 e. The number of nitrogens with zero attached hydrogens (tertiary/aromatic N) is 2. The van der Waals surface area contributed by atoms with Crippen LogP contribution in [-0.4, -0.2) is 40.8 Å². The molecule has 1 aliphatic carbocycles. The van der Waals surface area contributed by atoms with Crippen molar-refractivity contribution in [2.45, 2.75) is 38.0 Å². The van der Waals surface area contributed by atoms with Gasteiger partial charge in [-0.2, -0.15) is 0 Å². The van der Waals surface area contributed by atoms with Gasteiger partial charge in [0.1, 0.15) is 5.69 Å². The van der Waals surface area contributed by atoms with Crippen molar-refractivity contribution < 1.29 is 9.53 Å². The van der Waals surface area contributed by atoms with E-state index in [2.05, 4.69) is 10.3 Å². The van der Waals surface area contributed by atoms with Gasteiger partial charge < -0.3 is 20.4 Å². The fraction of sp³-hybridized carbons (Fsp3) is 0.692. The van der Waals surface area contributed by atoms with E-state index in [1.807, 2.05) is 4.57 Å². The number of hydrogen-bond donors (Lipinski definition) is 2. The van der Waals surface area contributed by atoms with Crippen LogP contribution in [0.2, 0.25) is 0 Å². The van der Waals surface area contributed by atoms with Crippen LogP contribution in [-0.2, 0) is 11.3 Å². The number of imidazole rings is 1. The summed E-state index contributed by atoms with van der Waals surface area (Å²) < 4.78 is 7.54. The maximum absolute atomic E-state index is 12.1. The summed E-state index contributed by atoms with van der Waals surface area (Å²) in [4.78, 5) is 16.2. The van der Waals surface area contributed by atoms with Gasteiger partial charge in [-0.3, -0.25) is 4.79 Å². The van der Waals surface area contributed by atoms with E-state index in [-0.39, 0.29) is 18.1 Å². The molecule has 2 atom stereocenters. The molecule has 0 aromatic carbocycles. The number of ether oxygens (including phenoxy) is 1. The summed E-state index contributed by atoms with van der Waals surface area (Å²) in [6.07, 6.45) is 6.94. The van der Waals surface area contributed by atoms with Crippen LogP contribution in [0, 0.1) is 5.92 Å². The minimum absolute atomic E-state index is 0.114. The Kier molecular flexibility index (Phi) is 3.52. The first-order chi connectivity index (χ1) is 9.28. The number of hydrogen-bond acceptors (Lipinski definition) is 4. The van der Waals surface area contributed by atoms with E-state index in [0.29, 0.717) is 24.7 Å². The molecule has 1 saturated heterocycles. The first kappa shape index (κ1) is 12.6. The minimum Gasteiger partial charge on any atom is -0.376 e. The van der Waals surface area contributed by atoms with Crippen LogP contribution >= 0.6 is 0 Å². The highest BCUT2D eigenvalue weighted by atomic mass is 16.5. The number of amides is 1. The second kappa shape index (κ2) is 5.30. The summed E-state index contributed by atoms with van der Waals surface area (Å²) in [6, 6.07) is 0.139. The third-order valence-electron chi connectivity index (χ3n) is 3.79. The van der Waals surface area contributed by atoms with Gasteiger partial charge in [0, 0.05) is 25.9 Å². The van der Waals surface area contributed by atoms with Gasteiger partial charge in [-0.25, -0.2) is 4.98 Å². The first-order valence-corrected chi connectivity index (χ1v) is 6.92. The predicted molar refractivity (Wildman–Crippen MR) is 69.6 cm³/mol. The van der Waals surface area contributed by atoms with Gasteiger partial charge in [0.2, 0.25) is 0 Å². The normalized spacial score (nSPS) is 26.6. The summed E-state index contributed by atoms with van der Waals surface area (Å²) >= 11 is 0. The topological polar surface area (TPSA) is 82.2 Å². The Balaban J connectivity index is 1.60. The Hall–Kier alpha value is -1.40. The Labute approximate surface area is 112 Å². The molecule has 0 spiro atoms. The van der Waals surface area contributed by atoms with Crippen molar-refractivity contribution in [2.24, 2.45) is 11.7 Å². The summed E-state index contributed by atoms with van der Waals surface area (Å²) in [5.41, 5.74) is 5.92. The van der Waals surface area contributed by atoms with Crippen molar-refractivity contribution >= 4 is 5.91 Å². The van der Waals surface area contributed by atoms with Gasteiger partial charge in [-0.05, 0) is 25.2 Å². The molecule has 1 aromatic rings. The SMILES string of the molecule is NCCn1cnc(C(=O)NC2CCOC2C2CC2)c1. The molecule has 104 valence electrons. The molecule has 19 heavy (non-hydrogen) atoms. The molecule has 2 aliphatic rings. The molecular weight excluding hydrogens is 244 g/mol. The monoisotopic (exact) mass is 264 g/mol. The lowest BCUT2D eigenvalue weighted by Gasteiger charge is -2.18. The largest absolute Gasteiger partial charge is 0.376 e. The molecule has 2 fully saturated rings. The van der Waals surface area contributed by atoms with Crippen molar-refractivity contribution in [3.8, 4) is 0 Å². The third-order valence-corrected chi connectivity index (χ3v) is 3.79. The van der Waals surface area contributed by atoms with Crippen molar-refractivity contribution in [3.63, 3.8) is 0 Å². The third kappa shape index (κ3) is 2.79. The average molecular weight is 264 g/mol. The van der Waals surface area contributed by atoms with Crippen LogP contribution < -0.4 is 11.1 Å². The Morgan fingerprint density at radius 1 is 1.53 bits per heavy atom. The van der Waals surface area contributed by atoms with E-state index >= 15 is 0 Å².